The summed E-state index contributed by atoms with van der Waals surface area (Å²) in [5.74, 6) is 0. The Morgan fingerprint density at radius 1 is 1.40 bits per heavy atom. The Morgan fingerprint density at radius 2 is 2.13 bits per heavy atom. The van der Waals surface area contributed by atoms with Gasteiger partial charge in [-0.25, -0.2) is 0 Å². The molecule has 3 heteroatoms. The van der Waals surface area contributed by atoms with Gasteiger partial charge in [0.25, 0.3) is 0 Å². The molecule has 0 radical (unpaired) electrons. The normalized spacial score (nSPS) is 10.4. The van der Waals surface area contributed by atoms with Crippen LogP contribution in [0.4, 0.5) is 5.69 Å². The second-order valence-corrected chi connectivity index (χ2v) is 4.59. The SMILES string of the molecule is CCCN(C)c1ccc(CNC)cc1Br. The first kappa shape index (κ1) is 12.5. The second kappa shape index (κ2) is 6.13. The first-order valence-corrected chi connectivity index (χ1v) is 6.12. The van der Waals surface area contributed by atoms with Gasteiger partial charge in [0.05, 0.1) is 5.69 Å². The van der Waals surface area contributed by atoms with Gasteiger partial charge in [-0.1, -0.05) is 13.0 Å². The number of hydrogen-bond acceptors (Lipinski definition) is 2. The molecule has 0 heterocycles. The molecule has 1 rings (SSSR count). The van der Waals surface area contributed by atoms with Crippen LogP contribution in [0.3, 0.4) is 0 Å². The van der Waals surface area contributed by atoms with Crippen LogP contribution in [0.2, 0.25) is 0 Å². The van der Waals surface area contributed by atoms with Crippen molar-refractivity contribution < 1.29 is 0 Å². The van der Waals surface area contributed by atoms with Crippen LogP contribution in [-0.4, -0.2) is 20.6 Å². The summed E-state index contributed by atoms with van der Waals surface area (Å²) in [4.78, 5) is 2.27. The van der Waals surface area contributed by atoms with Gasteiger partial charge < -0.3 is 10.2 Å². The molecule has 0 aromatic heterocycles. The van der Waals surface area contributed by atoms with Crippen LogP contribution in [0, 0.1) is 0 Å². The molecule has 0 amide bonds. The van der Waals surface area contributed by atoms with E-state index in [-0.39, 0.29) is 0 Å². The number of anilines is 1. The van der Waals surface area contributed by atoms with Crippen LogP contribution in [0.1, 0.15) is 18.9 Å². The first-order valence-electron chi connectivity index (χ1n) is 5.33. The topological polar surface area (TPSA) is 15.3 Å². The fourth-order valence-electron chi connectivity index (χ4n) is 1.63. The Kier molecular flexibility index (Phi) is 5.12. The third kappa shape index (κ3) is 3.50. The molecular formula is C12H19BrN2. The lowest BCUT2D eigenvalue weighted by Gasteiger charge is -2.20. The van der Waals surface area contributed by atoms with Gasteiger partial charge in [0.15, 0.2) is 0 Å². The molecule has 0 unspecified atom stereocenters. The number of halogens is 1. The maximum atomic E-state index is 3.62. The number of nitrogens with zero attached hydrogens (tertiary/aromatic N) is 1. The maximum Gasteiger partial charge on any atom is 0.0508 e. The molecule has 0 aliphatic carbocycles. The fraction of sp³-hybridized carbons (Fsp3) is 0.500. The predicted molar refractivity (Wildman–Crippen MR) is 70.5 cm³/mol. The molecular weight excluding hydrogens is 252 g/mol. The molecule has 0 spiro atoms. The highest BCUT2D eigenvalue weighted by Gasteiger charge is 2.05. The van der Waals surface area contributed by atoms with Gasteiger partial charge in [-0.15, -0.1) is 0 Å². The smallest absolute Gasteiger partial charge is 0.0508 e. The van der Waals surface area contributed by atoms with Crippen molar-refractivity contribution in [2.24, 2.45) is 0 Å². The number of nitrogens with one attached hydrogen (secondary N) is 1. The Balaban J connectivity index is 2.82. The summed E-state index contributed by atoms with van der Waals surface area (Å²) in [5.41, 5.74) is 2.56. The summed E-state index contributed by atoms with van der Waals surface area (Å²) >= 11 is 3.62. The molecule has 1 aromatic carbocycles. The molecule has 0 atom stereocenters. The van der Waals surface area contributed by atoms with Crippen molar-refractivity contribution in [2.45, 2.75) is 19.9 Å². The summed E-state index contributed by atoms with van der Waals surface area (Å²) in [6.07, 6.45) is 1.17. The van der Waals surface area contributed by atoms with E-state index in [1.54, 1.807) is 0 Å². The van der Waals surface area contributed by atoms with Crippen molar-refractivity contribution in [3.63, 3.8) is 0 Å². The van der Waals surface area contributed by atoms with E-state index in [0.29, 0.717) is 0 Å². The van der Waals surface area contributed by atoms with Gasteiger partial charge in [0.2, 0.25) is 0 Å². The molecule has 2 nitrogen and oxygen atoms in total. The van der Waals surface area contributed by atoms with E-state index in [9.17, 15) is 0 Å². The molecule has 0 aliphatic rings. The van der Waals surface area contributed by atoms with Crippen LogP contribution in [0.25, 0.3) is 0 Å². The Bertz CT molecular complexity index is 312. The van der Waals surface area contributed by atoms with Crippen LogP contribution < -0.4 is 10.2 Å². The van der Waals surface area contributed by atoms with Gasteiger partial charge >= 0.3 is 0 Å². The van der Waals surface area contributed by atoms with Crippen molar-refractivity contribution in [2.75, 3.05) is 25.5 Å². The zero-order valence-electron chi connectivity index (χ0n) is 9.68. The maximum absolute atomic E-state index is 3.62. The minimum atomic E-state index is 0.913. The zero-order chi connectivity index (χ0) is 11.3. The quantitative estimate of drug-likeness (QED) is 0.885. The highest BCUT2D eigenvalue weighted by Crippen LogP contribution is 2.26. The highest BCUT2D eigenvalue weighted by molar-refractivity contribution is 9.10. The second-order valence-electron chi connectivity index (χ2n) is 3.74. The Labute approximate surface area is 101 Å². The van der Waals surface area contributed by atoms with Crippen LogP contribution in [0.5, 0.6) is 0 Å². The summed E-state index contributed by atoms with van der Waals surface area (Å²) < 4.78 is 1.17. The van der Waals surface area contributed by atoms with Gasteiger partial charge in [0, 0.05) is 24.6 Å². The lowest BCUT2D eigenvalue weighted by Crippen LogP contribution is -2.18. The van der Waals surface area contributed by atoms with Gasteiger partial charge in [-0.3, -0.25) is 0 Å². The average Bonchev–Trinajstić information content (AvgIpc) is 2.18. The van der Waals surface area contributed by atoms with Crippen molar-refractivity contribution in [3.8, 4) is 0 Å². The van der Waals surface area contributed by atoms with Gasteiger partial charge in [-0.05, 0) is 47.1 Å². The van der Waals surface area contributed by atoms with E-state index in [0.717, 1.165) is 13.1 Å². The monoisotopic (exact) mass is 270 g/mol. The van der Waals surface area contributed by atoms with Gasteiger partial charge in [0.1, 0.15) is 0 Å². The summed E-state index contributed by atoms with van der Waals surface area (Å²) in [6, 6.07) is 6.52. The molecule has 0 saturated heterocycles. The molecule has 1 N–H and O–H groups in total. The van der Waals surface area contributed by atoms with Crippen LogP contribution >= 0.6 is 15.9 Å². The number of benzene rings is 1. The van der Waals surface area contributed by atoms with Crippen molar-refractivity contribution in [3.05, 3.63) is 28.2 Å². The Hall–Kier alpha value is -0.540. The number of hydrogen-bond donors (Lipinski definition) is 1. The minimum Gasteiger partial charge on any atom is -0.374 e. The lowest BCUT2D eigenvalue weighted by atomic mass is 10.2. The molecule has 0 aliphatic heterocycles. The molecule has 0 bridgehead atoms. The molecule has 0 saturated carbocycles. The average molecular weight is 271 g/mol. The Morgan fingerprint density at radius 3 is 2.67 bits per heavy atom. The number of rotatable bonds is 5. The third-order valence-electron chi connectivity index (χ3n) is 2.36. The fourth-order valence-corrected chi connectivity index (χ4v) is 2.36. The predicted octanol–water partition coefficient (Wildman–Crippen LogP) is 3.01. The summed E-state index contributed by atoms with van der Waals surface area (Å²) in [5, 5.41) is 3.15. The zero-order valence-corrected chi connectivity index (χ0v) is 11.3. The molecule has 15 heavy (non-hydrogen) atoms. The molecule has 0 fully saturated rings. The van der Waals surface area contributed by atoms with E-state index in [2.05, 4.69) is 58.3 Å². The van der Waals surface area contributed by atoms with Crippen molar-refractivity contribution >= 4 is 21.6 Å². The minimum absolute atomic E-state index is 0.913. The lowest BCUT2D eigenvalue weighted by molar-refractivity contribution is 0.814. The standard InChI is InChI=1S/C12H19BrN2/c1-4-7-15(3)12-6-5-10(9-14-2)8-11(12)13/h5-6,8,14H,4,7,9H2,1-3H3. The molecule has 1 aromatic rings. The van der Waals surface area contributed by atoms with E-state index in [1.807, 2.05) is 7.05 Å². The first-order chi connectivity index (χ1) is 7.19. The third-order valence-corrected chi connectivity index (χ3v) is 3.00. The summed E-state index contributed by atoms with van der Waals surface area (Å²) in [7, 11) is 4.09. The van der Waals surface area contributed by atoms with E-state index < -0.39 is 0 Å². The largest absolute Gasteiger partial charge is 0.374 e. The van der Waals surface area contributed by atoms with E-state index >= 15 is 0 Å². The highest BCUT2D eigenvalue weighted by atomic mass is 79.9. The van der Waals surface area contributed by atoms with Crippen molar-refractivity contribution in [1.29, 1.82) is 0 Å². The van der Waals surface area contributed by atoms with E-state index in [4.69, 9.17) is 0 Å². The van der Waals surface area contributed by atoms with E-state index in [1.165, 1.54) is 22.1 Å². The van der Waals surface area contributed by atoms with Crippen LogP contribution in [0.15, 0.2) is 22.7 Å². The van der Waals surface area contributed by atoms with Gasteiger partial charge in [-0.2, -0.15) is 0 Å². The van der Waals surface area contributed by atoms with Crippen molar-refractivity contribution in [1.82, 2.24) is 5.32 Å². The summed E-state index contributed by atoms with van der Waals surface area (Å²) in [6.45, 7) is 4.19. The van der Waals surface area contributed by atoms with Crippen LogP contribution in [-0.2, 0) is 6.54 Å². The molecule has 84 valence electrons.